The standard InChI is InChI=1S/C33H51N5O/c1-7-18-38(23-33(6,8-2)24-39-32(4,5)27-12-9-13-27)30-25(3)31(34)36-29-22-26(14-15-28(29)30)11-10-19-37-20-16-35-17-21-37/h14-15,22,27,35H,7-9,12-13,16-21,23-24H2,1-6H3,(H2,34,36). The molecule has 1 unspecified atom stereocenters. The van der Waals surface area contributed by atoms with E-state index in [-0.39, 0.29) is 11.0 Å². The Kier molecular flexibility index (Phi) is 9.80. The van der Waals surface area contributed by atoms with E-state index in [1.54, 1.807) is 0 Å². The first kappa shape index (κ1) is 29.6. The molecular weight excluding hydrogens is 482 g/mol. The van der Waals surface area contributed by atoms with Crippen LogP contribution in [-0.4, -0.2) is 67.9 Å². The predicted octanol–water partition coefficient (Wildman–Crippen LogP) is 5.61. The van der Waals surface area contributed by atoms with Crippen molar-refractivity contribution in [2.24, 2.45) is 11.3 Å². The van der Waals surface area contributed by atoms with E-state index in [1.165, 1.54) is 24.9 Å². The van der Waals surface area contributed by atoms with Crippen LogP contribution >= 0.6 is 0 Å². The molecular formula is C33H51N5O. The Labute approximate surface area is 237 Å². The van der Waals surface area contributed by atoms with Gasteiger partial charge in [0.05, 0.1) is 30.0 Å². The van der Waals surface area contributed by atoms with Crippen LogP contribution in [0.15, 0.2) is 18.2 Å². The zero-order chi connectivity index (χ0) is 28.0. The Morgan fingerprint density at radius 1 is 1.18 bits per heavy atom. The number of piperazine rings is 1. The molecule has 1 aromatic carbocycles. The van der Waals surface area contributed by atoms with Crippen LogP contribution in [0.1, 0.15) is 77.8 Å². The molecule has 0 spiro atoms. The molecule has 1 saturated carbocycles. The molecule has 1 aromatic heterocycles. The molecule has 39 heavy (non-hydrogen) atoms. The highest BCUT2D eigenvalue weighted by Gasteiger charge is 2.37. The molecule has 2 aliphatic rings. The maximum atomic E-state index is 6.66. The van der Waals surface area contributed by atoms with E-state index >= 15 is 0 Å². The van der Waals surface area contributed by atoms with E-state index in [2.05, 4.69) is 86.7 Å². The Morgan fingerprint density at radius 3 is 2.56 bits per heavy atom. The molecule has 6 heteroatoms. The van der Waals surface area contributed by atoms with E-state index in [0.29, 0.717) is 11.7 Å². The smallest absolute Gasteiger partial charge is 0.129 e. The largest absolute Gasteiger partial charge is 0.383 e. The fourth-order valence-corrected chi connectivity index (χ4v) is 5.81. The second-order valence-corrected chi connectivity index (χ2v) is 12.6. The lowest BCUT2D eigenvalue weighted by Crippen LogP contribution is -2.45. The maximum absolute atomic E-state index is 6.66. The number of pyridine rings is 1. The fraction of sp³-hybridized carbons (Fsp3) is 0.667. The lowest BCUT2D eigenvalue weighted by Gasteiger charge is -2.44. The number of nitrogens with zero attached hydrogens (tertiary/aromatic N) is 3. The van der Waals surface area contributed by atoms with E-state index in [1.807, 2.05) is 0 Å². The van der Waals surface area contributed by atoms with Gasteiger partial charge < -0.3 is 20.7 Å². The van der Waals surface area contributed by atoms with Crippen molar-refractivity contribution < 1.29 is 4.74 Å². The Morgan fingerprint density at radius 2 is 1.92 bits per heavy atom. The third-order valence-electron chi connectivity index (χ3n) is 9.10. The van der Waals surface area contributed by atoms with Gasteiger partial charge in [-0.25, -0.2) is 4.98 Å². The topological polar surface area (TPSA) is 66.7 Å². The Hall–Kier alpha value is -2.33. The first-order valence-corrected chi connectivity index (χ1v) is 15.2. The molecule has 1 saturated heterocycles. The summed E-state index contributed by atoms with van der Waals surface area (Å²) in [5, 5.41) is 4.55. The van der Waals surface area contributed by atoms with Crippen molar-refractivity contribution >= 4 is 22.4 Å². The predicted molar refractivity (Wildman–Crippen MR) is 165 cm³/mol. The summed E-state index contributed by atoms with van der Waals surface area (Å²) in [6.07, 6.45) is 6.04. The maximum Gasteiger partial charge on any atom is 0.129 e. The zero-order valence-corrected chi connectivity index (χ0v) is 25.3. The molecule has 1 aliphatic heterocycles. The van der Waals surface area contributed by atoms with Gasteiger partial charge in [-0.15, -0.1) is 0 Å². The van der Waals surface area contributed by atoms with Crippen molar-refractivity contribution in [3.8, 4) is 11.8 Å². The van der Waals surface area contributed by atoms with Gasteiger partial charge in [-0.3, -0.25) is 4.90 Å². The minimum absolute atomic E-state index is 0.0301. The summed E-state index contributed by atoms with van der Waals surface area (Å²) in [5.41, 5.74) is 10.7. The van der Waals surface area contributed by atoms with Crippen LogP contribution in [0.2, 0.25) is 0 Å². The summed E-state index contributed by atoms with van der Waals surface area (Å²) in [5.74, 6) is 8.02. The monoisotopic (exact) mass is 533 g/mol. The number of nitrogen functional groups attached to an aromatic ring is 1. The molecule has 6 nitrogen and oxygen atoms in total. The third-order valence-corrected chi connectivity index (χ3v) is 9.10. The van der Waals surface area contributed by atoms with Crippen LogP contribution in [0.3, 0.4) is 0 Å². The van der Waals surface area contributed by atoms with Gasteiger partial charge in [0.1, 0.15) is 5.82 Å². The number of nitrogens with two attached hydrogens (primary N) is 1. The lowest BCUT2D eigenvalue weighted by molar-refractivity contribution is -0.109. The van der Waals surface area contributed by atoms with Crippen LogP contribution in [-0.2, 0) is 4.74 Å². The first-order chi connectivity index (χ1) is 18.7. The summed E-state index contributed by atoms with van der Waals surface area (Å²) in [6, 6.07) is 6.44. The summed E-state index contributed by atoms with van der Waals surface area (Å²) in [4.78, 5) is 9.73. The summed E-state index contributed by atoms with van der Waals surface area (Å²) < 4.78 is 6.66. The number of fused-ring (bicyclic) bond motifs is 1. The first-order valence-electron chi connectivity index (χ1n) is 15.2. The van der Waals surface area contributed by atoms with Crippen LogP contribution in [0.25, 0.3) is 10.9 Å². The van der Waals surface area contributed by atoms with Crippen LogP contribution in [0.4, 0.5) is 11.5 Å². The highest BCUT2D eigenvalue weighted by atomic mass is 16.5. The van der Waals surface area contributed by atoms with Crippen molar-refractivity contribution in [1.29, 1.82) is 0 Å². The number of hydrogen-bond acceptors (Lipinski definition) is 6. The molecule has 0 amide bonds. The third kappa shape index (κ3) is 7.25. The van der Waals surface area contributed by atoms with Crippen molar-refractivity contribution in [3.63, 3.8) is 0 Å². The van der Waals surface area contributed by atoms with Gasteiger partial charge in [0, 0.05) is 61.2 Å². The van der Waals surface area contributed by atoms with E-state index in [9.17, 15) is 0 Å². The average molecular weight is 534 g/mol. The van der Waals surface area contributed by atoms with Gasteiger partial charge in [0.2, 0.25) is 0 Å². The van der Waals surface area contributed by atoms with Crippen LogP contribution in [0, 0.1) is 30.1 Å². The normalized spacial score (nSPS) is 18.3. The van der Waals surface area contributed by atoms with E-state index in [4.69, 9.17) is 15.5 Å². The van der Waals surface area contributed by atoms with E-state index in [0.717, 1.165) is 87.3 Å². The number of aromatic nitrogens is 1. The SMILES string of the molecule is CCCN(CC(C)(CC)COC(C)(C)C1CCC1)c1c(C)c(N)nc2cc(C#CCN3CCNCC3)ccc12. The molecule has 1 aliphatic carbocycles. The molecule has 214 valence electrons. The molecule has 3 N–H and O–H groups in total. The minimum Gasteiger partial charge on any atom is -0.383 e. The molecule has 2 fully saturated rings. The number of hydrogen-bond donors (Lipinski definition) is 2. The molecule has 0 bridgehead atoms. The zero-order valence-electron chi connectivity index (χ0n) is 25.3. The van der Waals surface area contributed by atoms with Crippen LogP contribution in [0.5, 0.6) is 0 Å². The van der Waals surface area contributed by atoms with Crippen LogP contribution < -0.4 is 16.0 Å². The van der Waals surface area contributed by atoms with Crippen molar-refractivity contribution in [2.45, 2.75) is 79.2 Å². The molecule has 0 radical (unpaired) electrons. The van der Waals surface area contributed by atoms with Gasteiger partial charge in [-0.05, 0) is 70.6 Å². The highest BCUT2D eigenvalue weighted by molar-refractivity contribution is 5.96. The van der Waals surface area contributed by atoms with E-state index < -0.39 is 0 Å². The molecule has 1 atom stereocenters. The van der Waals surface area contributed by atoms with Crippen molar-refractivity contribution in [3.05, 3.63) is 29.3 Å². The van der Waals surface area contributed by atoms with Crippen molar-refractivity contribution in [2.75, 3.05) is 63.1 Å². The molecule has 2 heterocycles. The number of anilines is 2. The van der Waals surface area contributed by atoms with Gasteiger partial charge in [-0.2, -0.15) is 0 Å². The second kappa shape index (κ2) is 12.9. The molecule has 4 rings (SSSR count). The minimum atomic E-state index is -0.0592. The quantitative estimate of drug-likeness (QED) is 0.366. The average Bonchev–Trinajstić information content (AvgIpc) is 2.88. The van der Waals surface area contributed by atoms with Gasteiger partial charge in [-0.1, -0.05) is 39.0 Å². The van der Waals surface area contributed by atoms with Gasteiger partial charge >= 0.3 is 0 Å². The number of nitrogens with one attached hydrogen (secondary N) is 1. The summed E-state index contributed by atoms with van der Waals surface area (Å²) in [7, 11) is 0. The number of benzene rings is 1. The lowest BCUT2D eigenvalue weighted by atomic mass is 9.74. The fourth-order valence-electron chi connectivity index (χ4n) is 5.81. The molecule has 2 aromatic rings. The van der Waals surface area contributed by atoms with Gasteiger partial charge in [0.25, 0.3) is 0 Å². The second-order valence-electron chi connectivity index (χ2n) is 12.6. The van der Waals surface area contributed by atoms with Crippen molar-refractivity contribution in [1.82, 2.24) is 15.2 Å². The van der Waals surface area contributed by atoms with Gasteiger partial charge in [0.15, 0.2) is 0 Å². The number of rotatable bonds is 11. The Balaban J connectivity index is 1.58. The highest BCUT2D eigenvalue weighted by Crippen LogP contribution is 2.40. The Bertz CT molecular complexity index is 1170. The summed E-state index contributed by atoms with van der Waals surface area (Å²) in [6.45, 7) is 21.2. The number of ether oxygens (including phenoxy) is 1. The summed E-state index contributed by atoms with van der Waals surface area (Å²) >= 11 is 0.